The molecule has 0 aliphatic carbocycles. The summed E-state index contributed by atoms with van der Waals surface area (Å²) < 4.78 is 0. The van der Waals surface area contributed by atoms with Crippen LogP contribution in [-0.4, -0.2) is 0 Å². The van der Waals surface area contributed by atoms with Crippen LogP contribution >= 0.6 is 23.2 Å². The number of nitrogens with one attached hydrogen (secondary N) is 1. The summed E-state index contributed by atoms with van der Waals surface area (Å²) in [6.07, 6.45) is 0. The summed E-state index contributed by atoms with van der Waals surface area (Å²) in [5.41, 5.74) is 3.56. The molecule has 2 atom stereocenters. The lowest BCUT2D eigenvalue weighted by atomic mass is 10.0. The Kier molecular flexibility index (Phi) is 5.09. The van der Waals surface area contributed by atoms with Crippen LogP contribution in [0.25, 0.3) is 0 Å². The van der Waals surface area contributed by atoms with Crippen molar-refractivity contribution in [3.63, 3.8) is 0 Å². The zero-order chi connectivity index (χ0) is 14.7. The summed E-state index contributed by atoms with van der Waals surface area (Å²) in [6, 6.07) is 14.7. The van der Waals surface area contributed by atoms with E-state index in [0.29, 0.717) is 10.0 Å². The van der Waals surface area contributed by atoms with Gasteiger partial charge in [-0.2, -0.15) is 0 Å². The molecule has 0 aliphatic heterocycles. The Bertz CT molecular complexity index is 578. The van der Waals surface area contributed by atoms with Gasteiger partial charge in [0.25, 0.3) is 0 Å². The fourth-order valence-corrected chi connectivity index (χ4v) is 2.74. The van der Waals surface area contributed by atoms with E-state index in [4.69, 9.17) is 23.2 Å². The molecule has 1 N–H and O–H groups in total. The van der Waals surface area contributed by atoms with E-state index in [-0.39, 0.29) is 12.1 Å². The molecule has 0 amide bonds. The lowest BCUT2D eigenvalue weighted by Gasteiger charge is -2.22. The first-order valence-electron chi connectivity index (χ1n) is 6.75. The second kappa shape index (κ2) is 6.62. The molecule has 0 radical (unpaired) electrons. The maximum Gasteiger partial charge on any atom is 0.0639 e. The zero-order valence-corrected chi connectivity index (χ0v) is 13.5. The molecule has 0 aromatic heterocycles. The highest BCUT2D eigenvalue weighted by Crippen LogP contribution is 2.31. The van der Waals surface area contributed by atoms with E-state index < -0.39 is 0 Å². The third kappa shape index (κ3) is 3.54. The average molecular weight is 308 g/mol. The van der Waals surface area contributed by atoms with Crippen LogP contribution in [0.5, 0.6) is 0 Å². The van der Waals surface area contributed by atoms with Crippen molar-refractivity contribution in [3.8, 4) is 0 Å². The van der Waals surface area contributed by atoms with Crippen LogP contribution in [0, 0.1) is 6.92 Å². The van der Waals surface area contributed by atoms with Gasteiger partial charge >= 0.3 is 0 Å². The molecule has 2 rings (SSSR count). The van der Waals surface area contributed by atoms with E-state index >= 15 is 0 Å². The highest BCUT2D eigenvalue weighted by Gasteiger charge is 2.14. The predicted octanol–water partition coefficient (Wildman–Crippen LogP) is 5.71. The molecular formula is C17H19Cl2N. The number of hydrogen-bond acceptors (Lipinski definition) is 1. The second-order valence-electron chi connectivity index (χ2n) is 5.16. The minimum Gasteiger partial charge on any atom is -0.304 e. The Morgan fingerprint density at radius 1 is 0.900 bits per heavy atom. The van der Waals surface area contributed by atoms with Gasteiger partial charge in [-0.05, 0) is 38.0 Å². The Labute approximate surface area is 130 Å². The monoisotopic (exact) mass is 307 g/mol. The fraction of sp³-hybridized carbons (Fsp3) is 0.294. The Morgan fingerprint density at radius 3 is 2.20 bits per heavy atom. The molecule has 2 aromatic carbocycles. The largest absolute Gasteiger partial charge is 0.304 e. The first-order chi connectivity index (χ1) is 9.49. The van der Waals surface area contributed by atoms with Crippen molar-refractivity contribution in [2.45, 2.75) is 32.9 Å². The summed E-state index contributed by atoms with van der Waals surface area (Å²) in [6.45, 7) is 6.35. The van der Waals surface area contributed by atoms with E-state index in [0.717, 1.165) is 5.56 Å². The van der Waals surface area contributed by atoms with E-state index in [9.17, 15) is 0 Å². The maximum atomic E-state index is 6.27. The number of aryl methyl sites for hydroxylation is 1. The molecular weight excluding hydrogens is 289 g/mol. The molecule has 1 nitrogen and oxygen atoms in total. The SMILES string of the molecule is Cc1ccc([C@H](C)NC(C)c2cccc(Cl)c2Cl)cc1. The standard InChI is InChI=1S/C17H19Cl2N/c1-11-7-9-14(10-8-11)12(2)20-13(3)15-5-4-6-16(18)17(15)19/h4-10,12-13,20H,1-3H3/t12-,13?/m0/s1. The van der Waals surface area contributed by atoms with Crippen molar-refractivity contribution in [2.24, 2.45) is 0 Å². The topological polar surface area (TPSA) is 12.0 Å². The third-order valence-corrected chi connectivity index (χ3v) is 4.36. The van der Waals surface area contributed by atoms with Gasteiger partial charge in [-0.15, -0.1) is 0 Å². The quantitative estimate of drug-likeness (QED) is 0.762. The normalized spacial score (nSPS) is 14.1. The molecule has 2 aromatic rings. The van der Waals surface area contributed by atoms with Crippen molar-refractivity contribution in [3.05, 3.63) is 69.2 Å². The van der Waals surface area contributed by atoms with Crippen molar-refractivity contribution in [2.75, 3.05) is 0 Å². The summed E-state index contributed by atoms with van der Waals surface area (Å²) >= 11 is 12.3. The fourth-order valence-electron chi connectivity index (χ4n) is 2.27. The zero-order valence-electron chi connectivity index (χ0n) is 12.0. The van der Waals surface area contributed by atoms with Crippen LogP contribution in [-0.2, 0) is 0 Å². The van der Waals surface area contributed by atoms with Gasteiger partial charge in [0.2, 0.25) is 0 Å². The molecule has 0 spiro atoms. The predicted molar refractivity (Wildman–Crippen MR) is 87.6 cm³/mol. The third-order valence-electron chi connectivity index (χ3n) is 3.53. The summed E-state index contributed by atoms with van der Waals surface area (Å²) in [4.78, 5) is 0. The smallest absolute Gasteiger partial charge is 0.0639 e. The summed E-state index contributed by atoms with van der Waals surface area (Å²) in [5, 5.41) is 4.78. The number of rotatable bonds is 4. The maximum absolute atomic E-state index is 6.27. The number of halogens is 2. The molecule has 106 valence electrons. The van der Waals surface area contributed by atoms with Gasteiger partial charge in [0.1, 0.15) is 0 Å². The first kappa shape index (κ1) is 15.4. The Hall–Kier alpha value is -1.02. The van der Waals surface area contributed by atoms with E-state index in [2.05, 4.69) is 50.4 Å². The van der Waals surface area contributed by atoms with Crippen molar-refractivity contribution in [1.29, 1.82) is 0 Å². The van der Waals surface area contributed by atoms with Gasteiger partial charge in [-0.1, -0.05) is 65.2 Å². The van der Waals surface area contributed by atoms with Gasteiger partial charge in [-0.3, -0.25) is 0 Å². The molecule has 0 saturated carbocycles. The lowest BCUT2D eigenvalue weighted by molar-refractivity contribution is 0.495. The average Bonchev–Trinajstić information content (AvgIpc) is 2.42. The van der Waals surface area contributed by atoms with Gasteiger partial charge in [0, 0.05) is 12.1 Å². The number of benzene rings is 2. The molecule has 20 heavy (non-hydrogen) atoms. The molecule has 0 heterocycles. The number of hydrogen-bond donors (Lipinski definition) is 1. The molecule has 0 aliphatic rings. The van der Waals surface area contributed by atoms with E-state index in [1.54, 1.807) is 0 Å². The van der Waals surface area contributed by atoms with Crippen molar-refractivity contribution in [1.82, 2.24) is 5.32 Å². The van der Waals surface area contributed by atoms with Gasteiger partial charge in [-0.25, -0.2) is 0 Å². The Morgan fingerprint density at radius 2 is 1.55 bits per heavy atom. The van der Waals surface area contributed by atoms with Crippen LogP contribution in [0.3, 0.4) is 0 Å². The molecule has 0 saturated heterocycles. The van der Waals surface area contributed by atoms with Crippen LogP contribution in [0.15, 0.2) is 42.5 Å². The Balaban J connectivity index is 2.13. The molecule has 3 heteroatoms. The minimum absolute atomic E-state index is 0.137. The first-order valence-corrected chi connectivity index (χ1v) is 7.51. The second-order valence-corrected chi connectivity index (χ2v) is 5.95. The molecule has 0 bridgehead atoms. The molecule has 0 fully saturated rings. The van der Waals surface area contributed by atoms with E-state index in [1.807, 2.05) is 18.2 Å². The van der Waals surface area contributed by atoms with Gasteiger partial charge in [0.15, 0.2) is 0 Å². The lowest BCUT2D eigenvalue weighted by Crippen LogP contribution is -2.22. The van der Waals surface area contributed by atoms with Crippen molar-refractivity contribution >= 4 is 23.2 Å². The van der Waals surface area contributed by atoms with Crippen molar-refractivity contribution < 1.29 is 0 Å². The molecule has 1 unspecified atom stereocenters. The van der Waals surface area contributed by atoms with Gasteiger partial charge in [0.05, 0.1) is 10.0 Å². The van der Waals surface area contributed by atoms with Crippen LogP contribution in [0.4, 0.5) is 0 Å². The van der Waals surface area contributed by atoms with Crippen LogP contribution in [0.1, 0.15) is 42.6 Å². The van der Waals surface area contributed by atoms with Crippen LogP contribution < -0.4 is 5.32 Å². The van der Waals surface area contributed by atoms with Crippen LogP contribution in [0.2, 0.25) is 10.0 Å². The van der Waals surface area contributed by atoms with Gasteiger partial charge < -0.3 is 5.32 Å². The van der Waals surface area contributed by atoms with E-state index in [1.165, 1.54) is 11.1 Å². The minimum atomic E-state index is 0.137. The highest BCUT2D eigenvalue weighted by atomic mass is 35.5. The highest BCUT2D eigenvalue weighted by molar-refractivity contribution is 6.42. The summed E-state index contributed by atoms with van der Waals surface area (Å²) in [5.74, 6) is 0. The summed E-state index contributed by atoms with van der Waals surface area (Å²) in [7, 11) is 0.